The lowest BCUT2D eigenvalue weighted by Crippen LogP contribution is -2.03. The van der Waals surface area contributed by atoms with Gasteiger partial charge in [0, 0.05) is 12.0 Å². The Morgan fingerprint density at radius 1 is 1.47 bits per heavy atom. The normalized spacial score (nSPS) is 10.5. The Hall–Kier alpha value is -1.97. The Bertz CT molecular complexity index is 571. The van der Waals surface area contributed by atoms with Crippen molar-refractivity contribution in [3.63, 3.8) is 0 Å². The fraction of sp³-hybridized carbons (Fsp3) is 0.182. The maximum absolute atomic E-state index is 11.4. The van der Waals surface area contributed by atoms with Crippen molar-refractivity contribution in [2.75, 3.05) is 0 Å². The SMILES string of the molecule is CCC(=O)c1ccc2ncoc(=O)c2c1. The van der Waals surface area contributed by atoms with Crippen LogP contribution in [0.3, 0.4) is 0 Å². The van der Waals surface area contributed by atoms with Crippen molar-refractivity contribution in [3.8, 4) is 0 Å². The predicted octanol–water partition coefficient (Wildman–Crippen LogP) is 1.78. The second kappa shape index (κ2) is 3.65. The molecule has 0 amide bonds. The lowest BCUT2D eigenvalue weighted by atomic mass is 10.1. The molecule has 0 fully saturated rings. The molecule has 76 valence electrons. The molecule has 1 heterocycles. The zero-order valence-corrected chi connectivity index (χ0v) is 8.19. The average molecular weight is 203 g/mol. The fourth-order valence-electron chi connectivity index (χ4n) is 1.38. The van der Waals surface area contributed by atoms with Gasteiger partial charge in [0.1, 0.15) is 0 Å². The highest BCUT2D eigenvalue weighted by Crippen LogP contribution is 2.11. The van der Waals surface area contributed by atoms with E-state index in [1.165, 1.54) is 6.07 Å². The molecule has 0 saturated heterocycles. The van der Waals surface area contributed by atoms with Gasteiger partial charge in [0.15, 0.2) is 12.2 Å². The quantitative estimate of drug-likeness (QED) is 0.698. The molecule has 4 heteroatoms. The first kappa shape index (κ1) is 9.58. The number of carbonyl (C=O) groups is 1. The summed E-state index contributed by atoms with van der Waals surface area (Å²) < 4.78 is 4.63. The molecule has 1 aromatic carbocycles. The molecule has 0 atom stereocenters. The Morgan fingerprint density at radius 3 is 3.00 bits per heavy atom. The summed E-state index contributed by atoms with van der Waals surface area (Å²) in [6.45, 7) is 1.78. The van der Waals surface area contributed by atoms with Gasteiger partial charge in [-0.25, -0.2) is 9.78 Å². The van der Waals surface area contributed by atoms with E-state index in [0.29, 0.717) is 22.9 Å². The molecule has 15 heavy (non-hydrogen) atoms. The van der Waals surface area contributed by atoms with Gasteiger partial charge in [-0.1, -0.05) is 6.92 Å². The smallest absolute Gasteiger partial charge is 0.346 e. The summed E-state index contributed by atoms with van der Waals surface area (Å²) in [5, 5.41) is 0.344. The van der Waals surface area contributed by atoms with E-state index in [-0.39, 0.29) is 5.78 Å². The van der Waals surface area contributed by atoms with Crippen LogP contribution in [0.15, 0.2) is 33.8 Å². The fourth-order valence-corrected chi connectivity index (χ4v) is 1.38. The molecular weight excluding hydrogens is 194 g/mol. The highest BCUT2D eigenvalue weighted by molar-refractivity contribution is 5.98. The number of fused-ring (bicyclic) bond motifs is 1. The standard InChI is InChI=1S/C11H9NO3/c1-2-10(13)7-3-4-9-8(5-7)11(14)15-6-12-9/h3-6H,2H2,1H3. The second-order valence-electron chi connectivity index (χ2n) is 3.15. The first-order valence-electron chi connectivity index (χ1n) is 4.63. The molecule has 4 nitrogen and oxygen atoms in total. The van der Waals surface area contributed by atoms with Gasteiger partial charge >= 0.3 is 5.63 Å². The summed E-state index contributed by atoms with van der Waals surface area (Å²) in [7, 11) is 0. The number of nitrogens with zero attached hydrogens (tertiary/aromatic N) is 1. The van der Waals surface area contributed by atoms with Crippen LogP contribution in [0.5, 0.6) is 0 Å². The number of aromatic nitrogens is 1. The number of rotatable bonds is 2. The summed E-state index contributed by atoms with van der Waals surface area (Å²) in [4.78, 5) is 26.6. The van der Waals surface area contributed by atoms with Crippen LogP contribution in [-0.2, 0) is 0 Å². The molecule has 2 rings (SSSR count). The lowest BCUT2D eigenvalue weighted by molar-refractivity contribution is 0.0988. The number of carbonyl (C=O) groups excluding carboxylic acids is 1. The summed E-state index contributed by atoms with van der Waals surface area (Å²) in [5.41, 5.74) is 0.593. The van der Waals surface area contributed by atoms with Gasteiger partial charge in [0.2, 0.25) is 0 Å². The first-order chi connectivity index (χ1) is 7.22. The third kappa shape index (κ3) is 1.66. The minimum absolute atomic E-state index is 0.000142. The van der Waals surface area contributed by atoms with Gasteiger partial charge in [-0.05, 0) is 18.2 Å². The zero-order chi connectivity index (χ0) is 10.8. The molecular formula is C11H9NO3. The van der Waals surface area contributed by atoms with E-state index in [0.717, 1.165) is 6.39 Å². The maximum atomic E-state index is 11.4. The van der Waals surface area contributed by atoms with Gasteiger partial charge in [-0.2, -0.15) is 0 Å². The van der Waals surface area contributed by atoms with E-state index in [2.05, 4.69) is 9.40 Å². The number of hydrogen-bond acceptors (Lipinski definition) is 4. The van der Waals surface area contributed by atoms with E-state index in [9.17, 15) is 9.59 Å². The minimum atomic E-state index is -0.467. The molecule has 0 aliphatic carbocycles. The van der Waals surface area contributed by atoms with Crippen molar-refractivity contribution >= 4 is 16.7 Å². The van der Waals surface area contributed by atoms with E-state index in [4.69, 9.17) is 0 Å². The van der Waals surface area contributed by atoms with Crippen LogP contribution in [-0.4, -0.2) is 10.8 Å². The van der Waals surface area contributed by atoms with Crippen molar-refractivity contribution in [2.45, 2.75) is 13.3 Å². The van der Waals surface area contributed by atoms with Crippen molar-refractivity contribution in [1.29, 1.82) is 0 Å². The summed E-state index contributed by atoms with van der Waals surface area (Å²) in [5.74, 6) is 0.000142. The zero-order valence-electron chi connectivity index (χ0n) is 8.19. The van der Waals surface area contributed by atoms with Crippen LogP contribution in [0.25, 0.3) is 10.9 Å². The molecule has 0 N–H and O–H groups in total. The average Bonchev–Trinajstić information content (AvgIpc) is 2.28. The second-order valence-corrected chi connectivity index (χ2v) is 3.15. The van der Waals surface area contributed by atoms with E-state index < -0.39 is 5.63 Å². The maximum Gasteiger partial charge on any atom is 0.346 e. The van der Waals surface area contributed by atoms with Crippen LogP contribution in [0.4, 0.5) is 0 Å². The van der Waals surface area contributed by atoms with Crippen LogP contribution in [0.2, 0.25) is 0 Å². The monoisotopic (exact) mass is 203 g/mol. The number of benzene rings is 1. The summed E-state index contributed by atoms with van der Waals surface area (Å²) in [6.07, 6.45) is 1.52. The van der Waals surface area contributed by atoms with Crippen molar-refractivity contribution in [3.05, 3.63) is 40.6 Å². The van der Waals surface area contributed by atoms with Gasteiger partial charge < -0.3 is 4.42 Å². The third-order valence-electron chi connectivity index (χ3n) is 2.21. The topological polar surface area (TPSA) is 60.2 Å². The Balaban J connectivity index is 2.70. The molecule has 0 unspecified atom stereocenters. The molecule has 0 radical (unpaired) electrons. The van der Waals surface area contributed by atoms with Gasteiger partial charge in [-0.3, -0.25) is 4.79 Å². The van der Waals surface area contributed by atoms with Crippen molar-refractivity contribution < 1.29 is 9.21 Å². The molecule has 2 aromatic rings. The van der Waals surface area contributed by atoms with Crippen LogP contribution < -0.4 is 5.63 Å². The minimum Gasteiger partial charge on any atom is -0.411 e. The van der Waals surface area contributed by atoms with Crippen LogP contribution in [0, 0.1) is 0 Å². The van der Waals surface area contributed by atoms with Crippen LogP contribution >= 0.6 is 0 Å². The predicted molar refractivity (Wildman–Crippen MR) is 54.9 cm³/mol. The third-order valence-corrected chi connectivity index (χ3v) is 2.21. The number of hydrogen-bond donors (Lipinski definition) is 0. The number of Topliss-reactive ketones (excluding diaryl/α,β-unsaturated/α-hetero) is 1. The molecule has 0 saturated carbocycles. The van der Waals surface area contributed by atoms with Crippen molar-refractivity contribution in [2.24, 2.45) is 0 Å². The first-order valence-corrected chi connectivity index (χ1v) is 4.63. The van der Waals surface area contributed by atoms with Crippen molar-refractivity contribution in [1.82, 2.24) is 4.98 Å². The number of ketones is 1. The lowest BCUT2D eigenvalue weighted by Gasteiger charge is -1.98. The van der Waals surface area contributed by atoms with Gasteiger partial charge in [0.25, 0.3) is 0 Å². The highest BCUT2D eigenvalue weighted by Gasteiger charge is 2.06. The molecule has 0 aliphatic rings. The Kier molecular flexibility index (Phi) is 2.33. The van der Waals surface area contributed by atoms with E-state index >= 15 is 0 Å². The van der Waals surface area contributed by atoms with E-state index in [1.54, 1.807) is 19.1 Å². The van der Waals surface area contributed by atoms with Gasteiger partial charge in [0.05, 0.1) is 10.9 Å². The Morgan fingerprint density at radius 2 is 2.27 bits per heavy atom. The van der Waals surface area contributed by atoms with Gasteiger partial charge in [-0.15, -0.1) is 0 Å². The molecule has 0 bridgehead atoms. The largest absolute Gasteiger partial charge is 0.411 e. The Labute approximate surface area is 85.6 Å². The van der Waals surface area contributed by atoms with Crippen LogP contribution in [0.1, 0.15) is 23.7 Å². The van der Waals surface area contributed by atoms with E-state index in [1.807, 2.05) is 0 Å². The summed E-state index contributed by atoms with van der Waals surface area (Å²) >= 11 is 0. The summed E-state index contributed by atoms with van der Waals surface area (Å²) in [6, 6.07) is 4.84. The molecule has 0 aliphatic heterocycles. The molecule has 0 spiro atoms. The highest BCUT2D eigenvalue weighted by atomic mass is 16.4. The molecule has 1 aromatic heterocycles.